The Balaban J connectivity index is 1.41. The van der Waals surface area contributed by atoms with Crippen molar-refractivity contribution in [2.45, 2.75) is 72.1 Å². The van der Waals surface area contributed by atoms with Crippen molar-refractivity contribution in [2.24, 2.45) is 11.8 Å². The summed E-state index contributed by atoms with van der Waals surface area (Å²) in [7, 11) is 0. The van der Waals surface area contributed by atoms with Crippen LogP contribution >= 0.6 is 0 Å². The van der Waals surface area contributed by atoms with Gasteiger partial charge < -0.3 is 14.7 Å². The first-order valence-electron chi connectivity index (χ1n) is 11.8. The number of hydrogen-bond donors (Lipinski definition) is 1. The average Bonchev–Trinajstić information content (AvgIpc) is 3.12. The Morgan fingerprint density at radius 1 is 1.19 bits per heavy atom. The Kier molecular flexibility index (Phi) is 6.88. The summed E-state index contributed by atoms with van der Waals surface area (Å²) in [5.74, 6) is 2.83. The number of nitrogens with zero attached hydrogens (tertiary/aromatic N) is 4. The molecule has 1 fully saturated rings. The zero-order valence-corrected chi connectivity index (χ0v) is 19.1. The number of aromatic nitrogens is 3. The van der Waals surface area contributed by atoms with E-state index in [1.807, 2.05) is 6.92 Å². The van der Waals surface area contributed by atoms with Crippen LogP contribution in [0.25, 0.3) is 11.1 Å². The van der Waals surface area contributed by atoms with Gasteiger partial charge in [-0.2, -0.15) is 4.98 Å². The zero-order chi connectivity index (χ0) is 21.8. The van der Waals surface area contributed by atoms with E-state index in [1.165, 1.54) is 37.7 Å². The van der Waals surface area contributed by atoms with E-state index in [4.69, 9.17) is 9.51 Å². The van der Waals surface area contributed by atoms with Gasteiger partial charge in [-0.1, -0.05) is 30.7 Å². The summed E-state index contributed by atoms with van der Waals surface area (Å²) in [4.78, 5) is 24.1. The third-order valence-electron chi connectivity index (χ3n) is 6.43. The van der Waals surface area contributed by atoms with E-state index >= 15 is 0 Å². The number of fused-ring (bicyclic) bond motifs is 1. The summed E-state index contributed by atoms with van der Waals surface area (Å²) < 4.78 is 5.48. The molecule has 2 aromatic rings. The molecule has 3 heterocycles. The number of carbonyl (C=O) groups is 1. The molecule has 1 amide bonds. The fraction of sp³-hybridized carbons (Fsp3) is 0.667. The smallest absolute Gasteiger partial charge is 0.263 e. The van der Waals surface area contributed by atoms with Gasteiger partial charge in [0.2, 0.25) is 5.91 Å². The van der Waals surface area contributed by atoms with Crippen LogP contribution in [0.1, 0.15) is 70.3 Å². The van der Waals surface area contributed by atoms with Crippen LogP contribution in [-0.2, 0) is 11.2 Å². The second-order valence-corrected chi connectivity index (χ2v) is 9.47. The van der Waals surface area contributed by atoms with Crippen LogP contribution in [-0.4, -0.2) is 40.7 Å². The minimum atomic E-state index is 0.0515. The quantitative estimate of drug-likeness (QED) is 0.664. The van der Waals surface area contributed by atoms with Crippen LogP contribution in [0.4, 0.5) is 5.82 Å². The molecule has 0 bridgehead atoms. The molecule has 1 saturated heterocycles. The van der Waals surface area contributed by atoms with Crippen molar-refractivity contribution in [1.29, 1.82) is 0 Å². The van der Waals surface area contributed by atoms with Gasteiger partial charge in [-0.3, -0.25) is 4.79 Å². The molecule has 2 aliphatic rings. The molecule has 0 aromatic carbocycles. The predicted molar refractivity (Wildman–Crippen MR) is 122 cm³/mol. The van der Waals surface area contributed by atoms with Gasteiger partial charge in [-0.15, -0.1) is 0 Å². The van der Waals surface area contributed by atoms with Crippen LogP contribution in [0.2, 0.25) is 0 Å². The van der Waals surface area contributed by atoms with Crippen LogP contribution in [0.15, 0.2) is 16.2 Å². The van der Waals surface area contributed by atoms with E-state index in [9.17, 15) is 4.79 Å². The lowest BCUT2D eigenvalue weighted by Gasteiger charge is -2.36. The van der Waals surface area contributed by atoms with Gasteiger partial charge in [0.1, 0.15) is 17.0 Å². The molecule has 0 spiro atoms. The van der Waals surface area contributed by atoms with Crippen molar-refractivity contribution in [3.63, 3.8) is 0 Å². The van der Waals surface area contributed by atoms with E-state index in [0.717, 1.165) is 36.4 Å². The molecule has 2 atom stereocenters. The summed E-state index contributed by atoms with van der Waals surface area (Å²) in [5.41, 5.74) is 2.82. The molecule has 7 nitrogen and oxygen atoms in total. The molecule has 2 aromatic heterocycles. The molecule has 168 valence electrons. The van der Waals surface area contributed by atoms with Crippen LogP contribution in [0, 0.1) is 18.8 Å². The molecule has 4 rings (SSSR count). The number of anilines is 1. The fourth-order valence-electron chi connectivity index (χ4n) is 5.00. The maximum atomic E-state index is 12.4. The number of hydrogen-bond acceptors (Lipinski definition) is 6. The highest BCUT2D eigenvalue weighted by Crippen LogP contribution is 2.32. The highest BCUT2D eigenvalue weighted by atomic mass is 16.5. The monoisotopic (exact) mass is 425 g/mol. The van der Waals surface area contributed by atoms with E-state index in [0.29, 0.717) is 42.8 Å². The first kappa shape index (κ1) is 21.8. The van der Waals surface area contributed by atoms with Gasteiger partial charge in [-0.25, -0.2) is 4.98 Å². The third-order valence-corrected chi connectivity index (χ3v) is 6.43. The summed E-state index contributed by atoms with van der Waals surface area (Å²) in [6.07, 6.45) is 10.3. The Morgan fingerprint density at radius 2 is 2.00 bits per heavy atom. The second-order valence-electron chi connectivity index (χ2n) is 9.47. The molecule has 1 N–H and O–H groups in total. The number of amides is 1. The maximum absolute atomic E-state index is 12.4. The average molecular weight is 426 g/mol. The zero-order valence-electron chi connectivity index (χ0n) is 19.1. The van der Waals surface area contributed by atoms with Gasteiger partial charge >= 0.3 is 0 Å². The van der Waals surface area contributed by atoms with E-state index < -0.39 is 0 Å². The maximum Gasteiger partial charge on any atom is 0.263 e. The van der Waals surface area contributed by atoms with Crippen molar-refractivity contribution in [1.82, 2.24) is 20.4 Å². The predicted octanol–water partition coefficient (Wildman–Crippen LogP) is 4.35. The normalized spacial score (nSPS) is 21.9. The van der Waals surface area contributed by atoms with Crippen molar-refractivity contribution < 1.29 is 9.32 Å². The largest absolute Gasteiger partial charge is 0.356 e. The van der Waals surface area contributed by atoms with Crippen LogP contribution < -0.4 is 10.2 Å². The third kappa shape index (κ3) is 5.43. The summed E-state index contributed by atoms with van der Waals surface area (Å²) in [6.45, 7) is 9.16. The molecule has 1 aliphatic heterocycles. The molecular formula is C24H35N5O2. The minimum absolute atomic E-state index is 0.0515. The Labute approximate surface area is 184 Å². The topological polar surface area (TPSA) is 84.1 Å². The first-order chi connectivity index (χ1) is 15.0. The van der Waals surface area contributed by atoms with Crippen molar-refractivity contribution >= 4 is 22.8 Å². The SMILES string of the molecule is Cc1noc2nc(CCC(=O)NCCC3=CCCCC3)nc(N3CC(C)CC(C)C3)c12. The molecule has 31 heavy (non-hydrogen) atoms. The van der Waals surface area contributed by atoms with Gasteiger partial charge in [0.15, 0.2) is 0 Å². The van der Waals surface area contributed by atoms with E-state index in [1.54, 1.807) is 0 Å². The summed E-state index contributed by atoms with van der Waals surface area (Å²) in [6, 6.07) is 0. The molecule has 7 heteroatoms. The second kappa shape index (κ2) is 9.79. The van der Waals surface area contributed by atoms with E-state index in [2.05, 4.69) is 40.3 Å². The number of aryl methyl sites for hydroxylation is 2. The highest BCUT2D eigenvalue weighted by molar-refractivity contribution is 5.88. The lowest BCUT2D eigenvalue weighted by atomic mass is 9.92. The molecular weight excluding hydrogens is 390 g/mol. The summed E-state index contributed by atoms with van der Waals surface area (Å²) in [5, 5.41) is 8.07. The number of nitrogens with one attached hydrogen (secondary N) is 1. The highest BCUT2D eigenvalue weighted by Gasteiger charge is 2.27. The minimum Gasteiger partial charge on any atom is -0.356 e. The molecule has 0 radical (unpaired) electrons. The fourth-order valence-corrected chi connectivity index (χ4v) is 5.00. The summed E-state index contributed by atoms with van der Waals surface area (Å²) >= 11 is 0. The van der Waals surface area contributed by atoms with Crippen LogP contribution in [0.5, 0.6) is 0 Å². The first-order valence-corrected chi connectivity index (χ1v) is 11.8. The van der Waals surface area contributed by atoms with Gasteiger partial charge in [0.05, 0.1) is 5.69 Å². The van der Waals surface area contributed by atoms with Crippen molar-refractivity contribution in [3.05, 3.63) is 23.2 Å². The standard InChI is InChI=1S/C24H35N5O2/c1-16-13-17(2)15-29(14-16)23-22-18(3)28-31-24(22)27-20(26-23)9-10-21(30)25-12-11-19-7-5-4-6-8-19/h7,16-17H,4-6,8-15H2,1-3H3,(H,25,30). The van der Waals surface area contributed by atoms with Gasteiger partial charge in [-0.05, 0) is 57.3 Å². The lowest BCUT2D eigenvalue weighted by Crippen LogP contribution is -2.39. The Hall–Kier alpha value is -2.44. The van der Waals surface area contributed by atoms with Gasteiger partial charge in [0, 0.05) is 32.5 Å². The van der Waals surface area contributed by atoms with E-state index in [-0.39, 0.29) is 5.91 Å². The number of rotatable bonds is 7. The Morgan fingerprint density at radius 3 is 2.74 bits per heavy atom. The molecule has 1 aliphatic carbocycles. The van der Waals surface area contributed by atoms with Crippen molar-refractivity contribution in [3.8, 4) is 0 Å². The molecule has 2 unspecified atom stereocenters. The number of carbonyl (C=O) groups excluding carboxylic acids is 1. The Bertz CT molecular complexity index is 941. The molecule has 0 saturated carbocycles. The number of piperidine rings is 1. The van der Waals surface area contributed by atoms with Crippen LogP contribution in [0.3, 0.4) is 0 Å². The van der Waals surface area contributed by atoms with Gasteiger partial charge in [0.25, 0.3) is 5.71 Å². The van der Waals surface area contributed by atoms with Crippen molar-refractivity contribution in [2.75, 3.05) is 24.5 Å². The lowest BCUT2D eigenvalue weighted by molar-refractivity contribution is -0.121. The number of allylic oxidation sites excluding steroid dienone is 1.